The SMILES string of the molecule is CC(c1ccc(F)cc1)N1CCC(CCC(N)=O)(c2ccc(F)cc2)OC1=O. The average molecular weight is 388 g/mol. The standard InChI is InChI=1S/C21H22F2N2O3/c1-14(15-2-6-17(22)7-3-15)25-13-12-21(28-20(25)27,11-10-19(24)26)16-4-8-18(23)9-5-16/h2-9,14H,10-13H2,1H3,(H2,24,26). The molecule has 148 valence electrons. The van der Waals surface area contributed by atoms with Crippen LogP contribution in [0.1, 0.15) is 43.4 Å². The number of hydrogen-bond acceptors (Lipinski definition) is 3. The fraction of sp³-hybridized carbons (Fsp3) is 0.333. The van der Waals surface area contributed by atoms with E-state index < -0.39 is 23.4 Å². The number of cyclic esters (lactones) is 1. The van der Waals surface area contributed by atoms with Crippen LogP contribution >= 0.6 is 0 Å². The lowest BCUT2D eigenvalue weighted by molar-refractivity contribution is -0.121. The largest absolute Gasteiger partial charge is 0.438 e. The summed E-state index contributed by atoms with van der Waals surface area (Å²) in [5, 5.41) is 0. The van der Waals surface area contributed by atoms with E-state index in [1.807, 2.05) is 6.92 Å². The van der Waals surface area contributed by atoms with Crippen molar-refractivity contribution in [3.05, 3.63) is 71.3 Å². The van der Waals surface area contributed by atoms with Crippen LogP contribution in [0.3, 0.4) is 0 Å². The number of nitrogens with two attached hydrogens (primary N) is 1. The van der Waals surface area contributed by atoms with Gasteiger partial charge in [0.05, 0.1) is 6.04 Å². The van der Waals surface area contributed by atoms with Crippen LogP contribution < -0.4 is 5.73 Å². The maximum Gasteiger partial charge on any atom is 0.411 e. The van der Waals surface area contributed by atoms with E-state index in [2.05, 4.69) is 0 Å². The van der Waals surface area contributed by atoms with Gasteiger partial charge in [-0.05, 0) is 42.3 Å². The maximum atomic E-state index is 13.3. The predicted molar refractivity (Wildman–Crippen MR) is 99.1 cm³/mol. The Hall–Kier alpha value is -2.96. The smallest absolute Gasteiger partial charge is 0.411 e. The van der Waals surface area contributed by atoms with Crippen LogP contribution in [-0.2, 0) is 15.1 Å². The molecule has 5 nitrogen and oxygen atoms in total. The summed E-state index contributed by atoms with van der Waals surface area (Å²) in [7, 11) is 0. The Bertz CT molecular complexity index is 855. The molecule has 2 aromatic carbocycles. The molecule has 0 saturated carbocycles. The molecule has 0 aliphatic carbocycles. The summed E-state index contributed by atoms with van der Waals surface area (Å²) in [4.78, 5) is 25.7. The molecular weight excluding hydrogens is 366 g/mol. The zero-order valence-electron chi connectivity index (χ0n) is 15.5. The van der Waals surface area contributed by atoms with E-state index >= 15 is 0 Å². The molecule has 0 radical (unpaired) electrons. The highest BCUT2D eigenvalue weighted by atomic mass is 19.1. The molecule has 28 heavy (non-hydrogen) atoms. The van der Waals surface area contributed by atoms with Gasteiger partial charge in [0.1, 0.15) is 17.2 Å². The molecule has 1 aliphatic rings. The first-order chi connectivity index (χ1) is 13.3. The third kappa shape index (κ3) is 4.13. The first kappa shape index (κ1) is 19.8. The molecule has 2 N–H and O–H groups in total. The second-order valence-electron chi connectivity index (χ2n) is 7.01. The van der Waals surface area contributed by atoms with Crippen molar-refractivity contribution >= 4 is 12.0 Å². The van der Waals surface area contributed by atoms with Crippen LogP contribution in [0, 0.1) is 11.6 Å². The van der Waals surface area contributed by atoms with Crippen LogP contribution in [0.2, 0.25) is 0 Å². The molecule has 2 atom stereocenters. The lowest BCUT2D eigenvalue weighted by Crippen LogP contribution is -2.49. The van der Waals surface area contributed by atoms with Gasteiger partial charge in [0.25, 0.3) is 0 Å². The molecule has 1 fully saturated rings. The average Bonchev–Trinajstić information content (AvgIpc) is 2.67. The number of hydrogen-bond donors (Lipinski definition) is 1. The van der Waals surface area contributed by atoms with Crippen molar-refractivity contribution in [1.29, 1.82) is 0 Å². The molecular formula is C21H22F2N2O3. The second kappa shape index (κ2) is 7.96. The molecule has 3 rings (SSSR count). The van der Waals surface area contributed by atoms with E-state index in [0.717, 1.165) is 5.56 Å². The van der Waals surface area contributed by atoms with E-state index in [1.165, 1.54) is 24.3 Å². The highest BCUT2D eigenvalue weighted by Crippen LogP contribution is 2.40. The Morgan fingerprint density at radius 3 is 2.25 bits per heavy atom. The lowest BCUT2D eigenvalue weighted by Gasteiger charge is -2.43. The lowest BCUT2D eigenvalue weighted by atomic mass is 9.84. The van der Waals surface area contributed by atoms with Crippen molar-refractivity contribution in [2.24, 2.45) is 5.73 Å². The number of rotatable bonds is 6. The van der Waals surface area contributed by atoms with Gasteiger partial charge < -0.3 is 15.4 Å². The quantitative estimate of drug-likeness (QED) is 0.812. The monoisotopic (exact) mass is 388 g/mol. The highest BCUT2D eigenvalue weighted by Gasteiger charge is 2.43. The van der Waals surface area contributed by atoms with Crippen LogP contribution in [0.15, 0.2) is 48.5 Å². The minimum absolute atomic E-state index is 0.0399. The molecule has 2 amide bonds. The van der Waals surface area contributed by atoms with Crippen molar-refractivity contribution < 1.29 is 23.1 Å². The molecule has 1 saturated heterocycles. The van der Waals surface area contributed by atoms with Gasteiger partial charge in [-0.15, -0.1) is 0 Å². The molecule has 0 aromatic heterocycles. The number of carbonyl (C=O) groups is 2. The Morgan fingerprint density at radius 2 is 1.71 bits per heavy atom. The number of carbonyl (C=O) groups excluding carboxylic acids is 2. The van der Waals surface area contributed by atoms with Gasteiger partial charge in [-0.25, -0.2) is 13.6 Å². The Morgan fingerprint density at radius 1 is 1.14 bits per heavy atom. The van der Waals surface area contributed by atoms with Gasteiger partial charge in [0, 0.05) is 25.8 Å². The van der Waals surface area contributed by atoms with E-state index in [1.54, 1.807) is 29.2 Å². The molecule has 2 aromatic rings. The molecule has 0 bridgehead atoms. The number of benzene rings is 2. The normalized spacial score (nSPS) is 20.5. The molecule has 7 heteroatoms. The van der Waals surface area contributed by atoms with Gasteiger partial charge >= 0.3 is 6.09 Å². The van der Waals surface area contributed by atoms with Crippen molar-refractivity contribution in [3.8, 4) is 0 Å². The van der Waals surface area contributed by atoms with Crippen molar-refractivity contribution in [1.82, 2.24) is 4.90 Å². The summed E-state index contributed by atoms with van der Waals surface area (Å²) in [5.74, 6) is -1.25. The summed E-state index contributed by atoms with van der Waals surface area (Å²) in [6, 6.07) is 11.3. The van der Waals surface area contributed by atoms with Crippen molar-refractivity contribution in [3.63, 3.8) is 0 Å². The van der Waals surface area contributed by atoms with Gasteiger partial charge in [0.15, 0.2) is 0 Å². The number of primary amides is 1. The maximum absolute atomic E-state index is 13.3. The summed E-state index contributed by atoms with van der Waals surface area (Å²) in [5.41, 5.74) is 5.65. The topological polar surface area (TPSA) is 72.6 Å². The zero-order valence-corrected chi connectivity index (χ0v) is 15.5. The van der Waals surface area contributed by atoms with E-state index in [4.69, 9.17) is 10.5 Å². The fourth-order valence-corrected chi connectivity index (χ4v) is 3.54. The number of amides is 2. The van der Waals surface area contributed by atoms with Gasteiger partial charge in [-0.3, -0.25) is 4.79 Å². The fourth-order valence-electron chi connectivity index (χ4n) is 3.54. The summed E-state index contributed by atoms with van der Waals surface area (Å²) in [6.45, 7) is 2.20. The van der Waals surface area contributed by atoms with Crippen molar-refractivity contribution in [2.45, 2.75) is 37.8 Å². The third-order valence-electron chi connectivity index (χ3n) is 5.24. The van der Waals surface area contributed by atoms with Crippen LogP contribution in [0.25, 0.3) is 0 Å². The van der Waals surface area contributed by atoms with Crippen LogP contribution in [0.5, 0.6) is 0 Å². The second-order valence-corrected chi connectivity index (χ2v) is 7.01. The highest BCUT2D eigenvalue weighted by molar-refractivity contribution is 5.74. The van der Waals surface area contributed by atoms with Gasteiger partial charge in [-0.1, -0.05) is 24.3 Å². The summed E-state index contributed by atoms with van der Waals surface area (Å²) < 4.78 is 32.3. The number of ether oxygens (including phenoxy) is 1. The minimum atomic E-state index is -1.04. The third-order valence-corrected chi connectivity index (χ3v) is 5.24. The van der Waals surface area contributed by atoms with Gasteiger partial charge in [-0.2, -0.15) is 0 Å². The Balaban J connectivity index is 1.83. The number of halogens is 2. The Labute approximate surface area is 162 Å². The number of nitrogens with zero attached hydrogens (tertiary/aromatic N) is 1. The molecule has 2 unspecified atom stereocenters. The van der Waals surface area contributed by atoms with Crippen LogP contribution in [0.4, 0.5) is 13.6 Å². The predicted octanol–water partition coefficient (Wildman–Crippen LogP) is 4.03. The first-order valence-corrected chi connectivity index (χ1v) is 9.10. The van der Waals surface area contributed by atoms with Crippen molar-refractivity contribution in [2.75, 3.05) is 6.54 Å². The summed E-state index contributed by atoms with van der Waals surface area (Å²) in [6.07, 6.45) is 0.136. The van der Waals surface area contributed by atoms with E-state index in [9.17, 15) is 18.4 Å². The summed E-state index contributed by atoms with van der Waals surface area (Å²) >= 11 is 0. The molecule has 0 spiro atoms. The van der Waals surface area contributed by atoms with Gasteiger partial charge in [0.2, 0.25) is 5.91 Å². The zero-order chi connectivity index (χ0) is 20.3. The molecule has 1 heterocycles. The minimum Gasteiger partial charge on any atom is -0.438 e. The van der Waals surface area contributed by atoms with E-state index in [0.29, 0.717) is 18.5 Å². The first-order valence-electron chi connectivity index (χ1n) is 9.10. The Kier molecular flexibility index (Phi) is 5.63. The van der Waals surface area contributed by atoms with E-state index in [-0.39, 0.29) is 24.7 Å². The van der Waals surface area contributed by atoms with Crippen LogP contribution in [-0.4, -0.2) is 23.4 Å². The molecule has 1 aliphatic heterocycles.